The van der Waals surface area contributed by atoms with E-state index >= 15 is 0 Å². The molecule has 1 unspecified atom stereocenters. The molecule has 1 aliphatic rings. The molecule has 126 valence electrons. The molecule has 1 aliphatic heterocycles. The number of hydrogen-bond acceptors (Lipinski definition) is 2. The number of urea groups is 1. The van der Waals surface area contributed by atoms with E-state index in [0.717, 1.165) is 5.56 Å². The second-order valence-corrected chi connectivity index (χ2v) is 6.16. The number of aryl methyl sites for hydroxylation is 1. The van der Waals surface area contributed by atoms with Crippen molar-refractivity contribution in [2.24, 2.45) is 0 Å². The van der Waals surface area contributed by atoms with Gasteiger partial charge in [0.1, 0.15) is 5.69 Å². The van der Waals surface area contributed by atoms with E-state index < -0.39 is 0 Å². The van der Waals surface area contributed by atoms with E-state index in [4.69, 9.17) is 0 Å². The molecular weight excluding hydrogens is 304 g/mol. The number of hydrogen-bond donors (Lipinski definition) is 2. The summed E-state index contributed by atoms with van der Waals surface area (Å²) >= 11 is 0. The van der Waals surface area contributed by atoms with Crippen LogP contribution in [0, 0.1) is 6.92 Å². The van der Waals surface area contributed by atoms with Gasteiger partial charge in [0, 0.05) is 32.9 Å². The fourth-order valence-corrected chi connectivity index (χ4v) is 2.83. The van der Waals surface area contributed by atoms with Gasteiger partial charge in [0.25, 0.3) is 5.91 Å². The second-order valence-electron chi connectivity index (χ2n) is 6.16. The molecule has 1 aromatic carbocycles. The predicted molar refractivity (Wildman–Crippen MR) is 91.7 cm³/mol. The summed E-state index contributed by atoms with van der Waals surface area (Å²) in [5.41, 5.74) is 2.94. The van der Waals surface area contributed by atoms with Gasteiger partial charge in [0.2, 0.25) is 0 Å². The van der Waals surface area contributed by atoms with Crippen LogP contribution in [-0.2, 0) is 13.1 Å². The van der Waals surface area contributed by atoms with Crippen molar-refractivity contribution < 1.29 is 9.59 Å². The quantitative estimate of drug-likeness (QED) is 0.899. The summed E-state index contributed by atoms with van der Waals surface area (Å²) < 4.78 is 1.93. The van der Waals surface area contributed by atoms with Crippen LogP contribution in [0.1, 0.15) is 21.6 Å². The Hall–Kier alpha value is -2.76. The zero-order chi connectivity index (χ0) is 17.1. The Kier molecular flexibility index (Phi) is 4.55. The maximum atomic E-state index is 12.2. The number of nitrogens with one attached hydrogen (secondary N) is 2. The molecule has 3 rings (SSSR count). The Morgan fingerprint density at radius 1 is 1.21 bits per heavy atom. The highest BCUT2D eigenvalue weighted by Gasteiger charge is 2.29. The second kappa shape index (κ2) is 6.78. The Balaban J connectivity index is 1.49. The van der Waals surface area contributed by atoms with Crippen molar-refractivity contribution in [2.75, 3.05) is 13.6 Å². The fourth-order valence-electron chi connectivity index (χ4n) is 2.83. The van der Waals surface area contributed by atoms with Gasteiger partial charge in [0.15, 0.2) is 0 Å². The fraction of sp³-hybridized carbons (Fsp3) is 0.333. The van der Waals surface area contributed by atoms with Crippen molar-refractivity contribution in [3.8, 4) is 0 Å². The molecule has 0 saturated heterocycles. The molecule has 2 N–H and O–H groups in total. The molecule has 2 heterocycles. The zero-order valence-electron chi connectivity index (χ0n) is 14.0. The van der Waals surface area contributed by atoms with Gasteiger partial charge in [-0.25, -0.2) is 4.79 Å². The van der Waals surface area contributed by atoms with Crippen LogP contribution in [0.3, 0.4) is 0 Å². The highest BCUT2D eigenvalue weighted by Crippen LogP contribution is 2.16. The number of nitrogens with zero attached hydrogens (tertiary/aromatic N) is 2. The van der Waals surface area contributed by atoms with E-state index in [2.05, 4.69) is 10.6 Å². The highest BCUT2D eigenvalue weighted by molar-refractivity contribution is 5.93. The molecule has 24 heavy (non-hydrogen) atoms. The lowest BCUT2D eigenvalue weighted by Crippen LogP contribution is -2.52. The number of fused-ring (bicyclic) bond motifs is 1. The van der Waals surface area contributed by atoms with E-state index in [1.54, 1.807) is 11.9 Å². The van der Waals surface area contributed by atoms with Crippen LogP contribution in [0.15, 0.2) is 42.6 Å². The number of carbonyl (C=O) groups is 2. The monoisotopic (exact) mass is 326 g/mol. The van der Waals surface area contributed by atoms with E-state index in [9.17, 15) is 9.59 Å². The Morgan fingerprint density at radius 2 is 1.96 bits per heavy atom. The third-order valence-electron chi connectivity index (χ3n) is 4.40. The van der Waals surface area contributed by atoms with Gasteiger partial charge >= 0.3 is 6.03 Å². The van der Waals surface area contributed by atoms with Crippen LogP contribution < -0.4 is 10.6 Å². The molecule has 6 heteroatoms. The minimum atomic E-state index is -0.227. The first-order valence-corrected chi connectivity index (χ1v) is 8.04. The normalized spacial score (nSPS) is 16.7. The standard InChI is InChI=1S/C18H22N4O2/c1-13-5-7-14(8-6-13)10-19-18(24)20-11-15-12-22-9-3-4-16(22)17(23)21(15)2/h3-9,15H,10-12H2,1-2H3,(H2,19,20,24). The number of benzene rings is 1. The molecule has 0 bridgehead atoms. The van der Waals surface area contributed by atoms with Crippen molar-refractivity contribution in [3.63, 3.8) is 0 Å². The summed E-state index contributed by atoms with van der Waals surface area (Å²) in [6.07, 6.45) is 1.89. The van der Waals surface area contributed by atoms with Crippen LogP contribution in [0.5, 0.6) is 0 Å². The summed E-state index contributed by atoms with van der Waals surface area (Å²) in [6.45, 7) is 3.61. The van der Waals surface area contributed by atoms with Gasteiger partial charge in [-0.05, 0) is 24.6 Å². The SMILES string of the molecule is Cc1ccc(CNC(=O)NCC2Cn3cccc3C(=O)N2C)cc1. The first-order valence-electron chi connectivity index (χ1n) is 8.04. The average molecular weight is 326 g/mol. The molecule has 0 radical (unpaired) electrons. The molecule has 6 nitrogen and oxygen atoms in total. The number of amides is 3. The van der Waals surface area contributed by atoms with Gasteiger partial charge in [0.05, 0.1) is 6.04 Å². The molecule has 0 spiro atoms. The molecule has 1 atom stereocenters. The van der Waals surface area contributed by atoms with Crippen LogP contribution in [0.2, 0.25) is 0 Å². The van der Waals surface area contributed by atoms with Gasteiger partial charge in [-0.3, -0.25) is 4.79 Å². The van der Waals surface area contributed by atoms with Crippen molar-refractivity contribution in [3.05, 3.63) is 59.4 Å². The molecule has 3 amide bonds. The van der Waals surface area contributed by atoms with Crippen LogP contribution in [-0.4, -0.2) is 41.0 Å². The Labute approximate surface area is 141 Å². The summed E-state index contributed by atoms with van der Waals surface area (Å²) in [4.78, 5) is 25.9. The number of likely N-dealkylation sites (N-methyl/N-ethyl adjacent to an activating group) is 1. The average Bonchev–Trinajstić information content (AvgIpc) is 3.05. The number of rotatable bonds is 4. The van der Waals surface area contributed by atoms with E-state index in [-0.39, 0.29) is 18.0 Å². The van der Waals surface area contributed by atoms with Crippen LogP contribution in [0.25, 0.3) is 0 Å². The van der Waals surface area contributed by atoms with Crippen LogP contribution in [0.4, 0.5) is 4.79 Å². The lowest BCUT2D eigenvalue weighted by molar-refractivity contribution is 0.0657. The van der Waals surface area contributed by atoms with E-state index in [1.165, 1.54) is 5.56 Å². The van der Waals surface area contributed by atoms with Crippen molar-refractivity contribution in [2.45, 2.75) is 26.1 Å². The third-order valence-corrected chi connectivity index (χ3v) is 4.40. The summed E-state index contributed by atoms with van der Waals surface area (Å²) in [6, 6.07) is 11.4. The Morgan fingerprint density at radius 3 is 2.71 bits per heavy atom. The summed E-state index contributed by atoms with van der Waals surface area (Å²) in [7, 11) is 1.77. The van der Waals surface area contributed by atoms with E-state index in [1.807, 2.05) is 54.1 Å². The molecule has 0 saturated carbocycles. The maximum absolute atomic E-state index is 12.2. The lowest BCUT2D eigenvalue weighted by atomic mass is 10.1. The molecular formula is C18H22N4O2. The summed E-state index contributed by atoms with van der Waals surface area (Å²) in [5, 5.41) is 5.69. The molecule has 0 aliphatic carbocycles. The first-order chi connectivity index (χ1) is 11.5. The third kappa shape index (κ3) is 3.42. The smallest absolute Gasteiger partial charge is 0.315 e. The van der Waals surface area contributed by atoms with Gasteiger partial charge in [-0.15, -0.1) is 0 Å². The molecule has 2 aromatic rings. The predicted octanol–water partition coefficient (Wildman–Crippen LogP) is 1.75. The number of aromatic nitrogens is 1. The lowest BCUT2D eigenvalue weighted by Gasteiger charge is -2.33. The topological polar surface area (TPSA) is 66.4 Å². The largest absolute Gasteiger partial charge is 0.341 e. The van der Waals surface area contributed by atoms with Crippen molar-refractivity contribution in [1.29, 1.82) is 0 Å². The molecule has 0 fully saturated rings. The number of carbonyl (C=O) groups excluding carboxylic acids is 2. The highest BCUT2D eigenvalue weighted by atomic mass is 16.2. The van der Waals surface area contributed by atoms with Crippen molar-refractivity contribution in [1.82, 2.24) is 20.1 Å². The summed E-state index contributed by atoms with van der Waals surface area (Å²) in [5.74, 6) is -0.0156. The minimum Gasteiger partial charge on any atom is -0.341 e. The van der Waals surface area contributed by atoms with Gasteiger partial charge < -0.3 is 20.1 Å². The van der Waals surface area contributed by atoms with E-state index in [0.29, 0.717) is 25.3 Å². The Bertz CT molecular complexity index is 736. The zero-order valence-corrected chi connectivity index (χ0v) is 14.0. The maximum Gasteiger partial charge on any atom is 0.315 e. The van der Waals surface area contributed by atoms with Gasteiger partial charge in [-0.1, -0.05) is 29.8 Å². The van der Waals surface area contributed by atoms with Gasteiger partial charge in [-0.2, -0.15) is 0 Å². The van der Waals surface area contributed by atoms with Crippen molar-refractivity contribution >= 4 is 11.9 Å². The molecule has 1 aromatic heterocycles. The minimum absolute atomic E-state index is 0.0156. The first kappa shape index (κ1) is 16.1. The van der Waals surface area contributed by atoms with Crippen LogP contribution >= 0.6 is 0 Å².